The van der Waals surface area contributed by atoms with Crippen LogP contribution in [-0.4, -0.2) is 36.7 Å². The molecule has 3 aliphatic rings. The van der Waals surface area contributed by atoms with Gasteiger partial charge >= 0.3 is 0 Å². The predicted molar refractivity (Wildman–Crippen MR) is 206 cm³/mol. The van der Waals surface area contributed by atoms with E-state index in [0.29, 0.717) is 24.5 Å². The molecule has 0 radical (unpaired) electrons. The number of nitrogens with one attached hydrogen (secondary N) is 1. The summed E-state index contributed by atoms with van der Waals surface area (Å²) in [4.78, 5) is 29.6. The maximum Gasteiger partial charge on any atom is 0.238 e. The minimum atomic E-state index is -0.428. The van der Waals surface area contributed by atoms with Crippen LogP contribution in [0.1, 0.15) is 44.2 Å². The number of allylic oxidation sites excluding steroid dienone is 2. The van der Waals surface area contributed by atoms with E-state index in [-0.39, 0.29) is 41.4 Å². The molecule has 2 fully saturated rings. The van der Waals surface area contributed by atoms with Gasteiger partial charge in [0.25, 0.3) is 0 Å². The Labute approximate surface area is 307 Å². The Balaban J connectivity index is 1.13. The lowest BCUT2D eigenvalue weighted by Gasteiger charge is -2.33. The van der Waals surface area contributed by atoms with Crippen LogP contribution in [0.5, 0.6) is 11.5 Å². The van der Waals surface area contributed by atoms with Crippen LogP contribution in [0.25, 0.3) is 11.6 Å². The SMILES string of the molecule is COc1cc(/C=C(/CC[C@H]2OC[C@H]3C2=C(C(C)C)C[C@H]2C(=O)N(c4ccc(Nc5ccccc5)cc4)C(=O)[C@H]23)c2ccccc2)cc(I)c1O. The zero-order valence-electron chi connectivity index (χ0n) is 28.4. The summed E-state index contributed by atoms with van der Waals surface area (Å²) < 4.78 is 12.7. The summed E-state index contributed by atoms with van der Waals surface area (Å²) in [5.41, 5.74) is 8.14. The minimum absolute atomic E-state index is 0.113. The normalized spacial score (nSPS) is 21.9. The van der Waals surface area contributed by atoms with Crippen LogP contribution in [-0.2, 0) is 14.3 Å². The number of nitrogens with zero attached hydrogens (tertiary/aromatic N) is 1. The molecule has 2 aliphatic heterocycles. The Kier molecular flexibility index (Phi) is 9.84. The fraction of sp³-hybridized carbons (Fsp3) is 0.286. The van der Waals surface area contributed by atoms with Crippen LogP contribution < -0.4 is 15.0 Å². The third-order valence-electron chi connectivity index (χ3n) is 10.3. The van der Waals surface area contributed by atoms with E-state index in [9.17, 15) is 14.7 Å². The highest BCUT2D eigenvalue weighted by Crippen LogP contribution is 2.52. The van der Waals surface area contributed by atoms with Crippen LogP contribution in [0.15, 0.2) is 108 Å². The maximum absolute atomic E-state index is 14.2. The number of methoxy groups -OCH3 is 1. The summed E-state index contributed by atoms with van der Waals surface area (Å²) >= 11 is 2.12. The Morgan fingerprint density at radius 3 is 2.32 bits per heavy atom. The zero-order chi connectivity index (χ0) is 34.9. The summed E-state index contributed by atoms with van der Waals surface area (Å²) in [6, 6.07) is 31.5. The van der Waals surface area contributed by atoms with Gasteiger partial charge in [0.1, 0.15) is 0 Å². The first-order chi connectivity index (χ1) is 24.2. The smallest absolute Gasteiger partial charge is 0.238 e. The number of hydrogen-bond donors (Lipinski definition) is 2. The molecule has 1 aliphatic carbocycles. The average molecular weight is 781 g/mol. The number of halogens is 1. The predicted octanol–water partition coefficient (Wildman–Crippen LogP) is 9.25. The topological polar surface area (TPSA) is 88.1 Å². The van der Waals surface area contributed by atoms with Gasteiger partial charge in [-0.05, 0) is 119 Å². The number of ether oxygens (including phenoxy) is 2. The zero-order valence-corrected chi connectivity index (χ0v) is 30.6. The first-order valence-corrected chi connectivity index (χ1v) is 18.3. The van der Waals surface area contributed by atoms with Crippen molar-refractivity contribution in [1.82, 2.24) is 0 Å². The molecule has 0 unspecified atom stereocenters. The van der Waals surface area contributed by atoms with Gasteiger partial charge in [0.15, 0.2) is 11.5 Å². The fourth-order valence-corrected chi connectivity index (χ4v) is 8.49. The number of anilines is 3. The van der Waals surface area contributed by atoms with Crippen molar-refractivity contribution in [1.29, 1.82) is 0 Å². The lowest BCUT2D eigenvalue weighted by Crippen LogP contribution is -2.35. The first kappa shape index (κ1) is 34.1. The quantitative estimate of drug-likeness (QED) is 0.0723. The minimum Gasteiger partial charge on any atom is -0.504 e. The number of fused-ring (bicyclic) bond motifs is 3. The molecule has 256 valence electrons. The monoisotopic (exact) mass is 780 g/mol. The van der Waals surface area contributed by atoms with Crippen molar-refractivity contribution in [3.8, 4) is 11.5 Å². The number of imide groups is 1. The number of amides is 2. The van der Waals surface area contributed by atoms with Crippen molar-refractivity contribution in [3.05, 3.63) is 123 Å². The highest BCUT2D eigenvalue weighted by Gasteiger charge is 2.57. The summed E-state index contributed by atoms with van der Waals surface area (Å²) in [5.74, 6) is -0.372. The van der Waals surface area contributed by atoms with Gasteiger partial charge in [-0.2, -0.15) is 0 Å². The van der Waals surface area contributed by atoms with Gasteiger partial charge in [-0.25, -0.2) is 0 Å². The second-order valence-electron chi connectivity index (χ2n) is 13.6. The average Bonchev–Trinajstić information content (AvgIpc) is 3.66. The molecule has 0 spiro atoms. The second-order valence-corrected chi connectivity index (χ2v) is 14.7. The van der Waals surface area contributed by atoms with Crippen LogP contribution in [0.2, 0.25) is 0 Å². The Bertz CT molecular complexity index is 1960. The number of para-hydroxylation sites is 1. The van der Waals surface area contributed by atoms with Gasteiger partial charge < -0.3 is 19.9 Å². The molecule has 0 bridgehead atoms. The first-order valence-electron chi connectivity index (χ1n) is 17.2. The van der Waals surface area contributed by atoms with Crippen LogP contribution in [0.3, 0.4) is 0 Å². The summed E-state index contributed by atoms with van der Waals surface area (Å²) in [7, 11) is 1.56. The van der Waals surface area contributed by atoms with Crippen molar-refractivity contribution in [2.45, 2.75) is 39.2 Å². The highest BCUT2D eigenvalue weighted by atomic mass is 127. The molecular formula is C42H41IN2O5. The van der Waals surface area contributed by atoms with Gasteiger partial charge in [-0.1, -0.05) is 74.0 Å². The summed E-state index contributed by atoms with van der Waals surface area (Å²) in [6.07, 6.45) is 4.08. The van der Waals surface area contributed by atoms with Crippen molar-refractivity contribution in [2.24, 2.45) is 23.7 Å². The number of carbonyl (C=O) groups excluding carboxylic acids is 2. The number of benzene rings is 4. The van der Waals surface area contributed by atoms with E-state index in [1.165, 1.54) is 16.0 Å². The molecule has 8 heteroatoms. The molecule has 4 aromatic carbocycles. The molecule has 2 amide bonds. The third-order valence-corrected chi connectivity index (χ3v) is 11.1. The molecule has 2 N–H and O–H groups in total. The number of phenols is 1. The van der Waals surface area contributed by atoms with Crippen molar-refractivity contribution in [2.75, 3.05) is 23.9 Å². The maximum atomic E-state index is 14.2. The van der Waals surface area contributed by atoms with E-state index < -0.39 is 5.92 Å². The number of hydrogen-bond acceptors (Lipinski definition) is 6. The third kappa shape index (κ3) is 6.58. The summed E-state index contributed by atoms with van der Waals surface area (Å²) in [5, 5.41) is 13.8. The van der Waals surface area contributed by atoms with Gasteiger partial charge in [0.2, 0.25) is 11.8 Å². The van der Waals surface area contributed by atoms with Gasteiger partial charge in [0, 0.05) is 17.3 Å². The molecule has 0 saturated carbocycles. The molecule has 4 atom stereocenters. The van der Waals surface area contributed by atoms with Crippen LogP contribution in [0, 0.1) is 27.2 Å². The molecule has 7 nitrogen and oxygen atoms in total. The van der Waals surface area contributed by atoms with Crippen molar-refractivity contribution < 1.29 is 24.2 Å². The molecule has 0 aromatic heterocycles. The van der Waals surface area contributed by atoms with Crippen molar-refractivity contribution in [3.63, 3.8) is 0 Å². The van der Waals surface area contributed by atoms with Gasteiger partial charge in [-0.3, -0.25) is 14.5 Å². The molecular weight excluding hydrogens is 739 g/mol. The lowest BCUT2D eigenvalue weighted by molar-refractivity contribution is -0.122. The Morgan fingerprint density at radius 1 is 0.960 bits per heavy atom. The number of phenolic OH excluding ortho intramolecular Hbond substituents is 1. The molecule has 2 saturated heterocycles. The number of rotatable bonds is 10. The van der Waals surface area contributed by atoms with E-state index in [1.807, 2.05) is 84.9 Å². The number of aromatic hydroxyl groups is 1. The van der Waals surface area contributed by atoms with E-state index >= 15 is 0 Å². The highest BCUT2D eigenvalue weighted by molar-refractivity contribution is 14.1. The lowest BCUT2D eigenvalue weighted by atomic mass is 9.67. The van der Waals surface area contributed by atoms with E-state index in [4.69, 9.17) is 9.47 Å². The summed E-state index contributed by atoms with van der Waals surface area (Å²) in [6.45, 7) is 4.80. The largest absolute Gasteiger partial charge is 0.504 e. The van der Waals surface area contributed by atoms with Crippen molar-refractivity contribution >= 4 is 63.1 Å². The molecule has 2 heterocycles. The molecule has 7 rings (SSSR count). The van der Waals surface area contributed by atoms with Gasteiger partial charge in [-0.15, -0.1) is 0 Å². The van der Waals surface area contributed by atoms with E-state index in [0.717, 1.165) is 44.5 Å². The second kappa shape index (κ2) is 14.4. The Hall–Kier alpha value is -4.41. The van der Waals surface area contributed by atoms with E-state index in [1.54, 1.807) is 7.11 Å². The van der Waals surface area contributed by atoms with Gasteiger partial charge in [0.05, 0.1) is 40.9 Å². The number of carbonyl (C=O) groups is 2. The van der Waals surface area contributed by atoms with Crippen LogP contribution >= 0.6 is 22.6 Å². The standard InChI is InChI=1S/C42H41IN2O5/c1-25(2)32-23-33-39(42(48)45(41(33)47)31-17-15-30(16-18-31)44-29-12-8-5-9-13-29)34-24-50-36(38(32)34)19-14-28(27-10-6-4-7-11-27)20-26-21-35(43)40(46)37(22-26)49-3/h4-13,15-18,20-22,25,33-34,36,39,44,46H,14,19,23-24H2,1-3H3/b28-20-/t33-,34+,36-,39-/m1/s1. The fourth-order valence-electron chi connectivity index (χ4n) is 7.87. The molecule has 50 heavy (non-hydrogen) atoms. The molecule has 4 aromatic rings. The van der Waals surface area contributed by atoms with Crippen LogP contribution in [0.4, 0.5) is 17.1 Å². The Morgan fingerprint density at radius 2 is 1.64 bits per heavy atom. The van der Waals surface area contributed by atoms with E-state index in [2.05, 4.69) is 60.0 Å².